The third-order valence-electron chi connectivity index (χ3n) is 19.9. The monoisotopic (exact) mass is 1160 g/mol. The predicted octanol–water partition coefficient (Wildman–Crippen LogP) is 21.2. The summed E-state index contributed by atoms with van der Waals surface area (Å²) < 4.78 is 5.02. The number of hydrogen-bond acceptors (Lipinski definition) is 2. The summed E-state index contributed by atoms with van der Waals surface area (Å²) in [5.74, 6) is 0. The van der Waals surface area contributed by atoms with Crippen LogP contribution < -0.4 is 26.2 Å². The molecule has 0 fully saturated rings. The maximum Gasteiger partial charge on any atom is 0.252 e. The molecule has 432 valence electrons. The fourth-order valence-corrected chi connectivity index (χ4v) is 15.5. The Morgan fingerprint density at radius 3 is 1.31 bits per heavy atom. The molecule has 15 aromatic rings. The summed E-state index contributed by atoms with van der Waals surface area (Å²) in [6.45, 7) is 13.8. The normalized spacial score (nSPS) is 13.1. The van der Waals surface area contributed by atoms with E-state index in [0.717, 1.165) is 39.8 Å². The molecule has 91 heavy (non-hydrogen) atoms. The molecule has 0 unspecified atom stereocenters. The molecular formula is C86H65BN4. The van der Waals surface area contributed by atoms with Crippen molar-refractivity contribution in [3.63, 3.8) is 0 Å². The Morgan fingerprint density at radius 1 is 0.264 bits per heavy atom. The maximum atomic E-state index is 2.67. The van der Waals surface area contributed by atoms with Gasteiger partial charge in [-0.05, 0) is 162 Å². The van der Waals surface area contributed by atoms with Crippen LogP contribution in [0, 0.1) is 0 Å². The molecule has 13 aromatic carbocycles. The van der Waals surface area contributed by atoms with E-state index >= 15 is 0 Å². The molecular weight excluding hydrogens is 1100 g/mol. The lowest BCUT2D eigenvalue weighted by Gasteiger charge is -2.45. The summed E-state index contributed by atoms with van der Waals surface area (Å²) in [5.41, 5.74) is 32.1. The number of benzene rings is 13. The molecule has 0 atom stereocenters. The number of para-hydroxylation sites is 4. The van der Waals surface area contributed by atoms with E-state index in [1.54, 1.807) is 0 Å². The summed E-state index contributed by atoms with van der Waals surface area (Å²) in [5, 5.41) is 4.93. The van der Waals surface area contributed by atoms with E-state index < -0.39 is 0 Å². The van der Waals surface area contributed by atoms with Crippen molar-refractivity contribution in [2.45, 2.75) is 52.4 Å². The Balaban J connectivity index is 1.00. The number of fused-ring (bicyclic) bond motifs is 15. The Hall–Kier alpha value is -10.9. The summed E-state index contributed by atoms with van der Waals surface area (Å²) >= 11 is 0. The Kier molecular flexibility index (Phi) is 11.6. The van der Waals surface area contributed by atoms with Crippen molar-refractivity contribution in [3.05, 3.63) is 296 Å². The highest BCUT2D eigenvalue weighted by Gasteiger charge is 2.47. The third kappa shape index (κ3) is 8.16. The van der Waals surface area contributed by atoms with Crippen LogP contribution in [-0.4, -0.2) is 15.8 Å². The van der Waals surface area contributed by atoms with E-state index in [0.29, 0.717) is 0 Å². The summed E-state index contributed by atoms with van der Waals surface area (Å²) in [7, 11) is 0. The lowest BCUT2D eigenvalue weighted by Crippen LogP contribution is -2.61. The second kappa shape index (κ2) is 19.8. The van der Waals surface area contributed by atoms with E-state index in [-0.39, 0.29) is 17.5 Å². The number of rotatable bonds is 6. The highest BCUT2D eigenvalue weighted by molar-refractivity contribution is 7.00. The standard InChI is InChI=1S/C86H65BN4/c1-85(2,3)60-44-58(45-61(50-60)86(4,5)6)56-28-23-29-62(46-56)89-80-51-63(88-75-36-19-15-32-67(75)68-33-16-20-37-76(68)88)41-42-73(80)87-74-49-59(55-26-11-8-12-27-55)48-72-66-31-14-13-30-65(66)71-47-57(54-24-9-7-10-25-54)40-43-79(71)91(84(72)74)82-53-64(52-81(89)83(82)87)90-77-38-21-17-34-69(77)70-35-18-22-39-78(70)90/h7-53H,1-6H3. The molecule has 0 saturated carbocycles. The Morgan fingerprint density at radius 2 is 0.725 bits per heavy atom. The van der Waals surface area contributed by atoms with Gasteiger partial charge in [0.15, 0.2) is 0 Å². The number of aromatic nitrogens is 2. The molecule has 0 spiro atoms. The van der Waals surface area contributed by atoms with Gasteiger partial charge in [0, 0.05) is 66.8 Å². The van der Waals surface area contributed by atoms with Crippen molar-refractivity contribution in [1.82, 2.24) is 9.13 Å². The molecule has 0 saturated heterocycles. The largest absolute Gasteiger partial charge is 0.311 e. The number of hydrogen-bond donors (Lipinski definition) is 0. The number of anilines is 6. The van der Waals surface area contributed by atoms with Crippen molar-refractivity contribution in [3.8, 4) is 67.0 Å². The van der Waals surface area contributed by atoms with E-state index in [4.69, 9.17) is 0 Å². The first-order chi connectivity index (χ1) is 44.4. The van der Waals surface area contributed by atoms with E-state index in [2.05, 4.69) is 346 Å². The summed E-state index contributed by atoms with van der Waals surface area (Å²) in [6, 6.07) is 108. The average Bonchev–Trinajstić information content (AvgIpc) is 1.65. The highest BCUT2D eigenvalue weighted by Crippen LogP contribution is 2.56. The first-order valence-corrected chi connectivity index (χ1v) is 32.1. The van der Waals surface area contributed by atoms with Crippen molar-refractivity contribution >= 4 is 101 Å². The molecule has 0 aliphatic carbocycles. The van der Waals surface area contributed by atoms with Crippen molar-refractivity contribution in [1.29, 1.82) is 0 Å². The van der Waals surface area contributed by atoms with Crippen LogP contribution in [0.4, 0.5) is 34.1 Å². The van der Waals surface area contributed by atoms with Crippen molar-refractivity contribution < 1.29 is 0 Å². The molecule has 3 aliphatic rings. The van der Waals surface area contributed by atoms with E-state index in [9.17, 15) is 0 Å². The first-order valence-electron chi connectivity index (χ1n) is 32.1. The van der Waals surface area contributed by atoms with Crippen LogP contribution in [0.2, 0.25) is 0 Å². The number of nitrogens with zero attached hydrogens (tertiary/aromatic N) is 4. The smallest absolute Gasteiger partial charge is 0.252 e. The van der Waals surface area contributed by atoms with Gasteiger partial charge in [-0.25, -0.2) is 0 Å². The van der Waals surface area contributed by atoms with Crippen LogP contribution in [-0.2, 0) is 10.8 Å². The van der Waals surface area contributed by atoms with Gasteiger partial charge in [0.2, 0.25) is 0 Å². The minimum atomic E-state index is -0.192. The van der Waals surface area contributed by atoms with Crippen LogP contribution in [0.3, 0.4) is 0 Å². The van der Waals surface area contributed by atoms with Gasteiger partial charge < -0.3 is 18.9 Å². The zero-order valence-electron chi connectivity index (χ0n) is 52.0. The topological polar surface area (TPSA) is 16.3 Å². The lowest BCUT2D eigenvalue weighted by molar-refractivity contribution is 0.569. The van der Waals surface area contributed by atoms with Gasteiger partial charge in [0.1, 0.15) is 0 Å². The first kappa shape index (κ1) is 53.2. The van der Waals surface area contributed by atoms with Gasteiger partial charge in [-0.3, -0.25) is 0 Å². The van der Waals surface area contributed by atoms with Gasteiger partial charge in [-0.1, -0.05) is 248 Å². The van der Waals surface area contributed by atoms with Gasteiger partial charge in [0.05, 0.1) is 33.4 Å². The zero-order valence-corrected chi connectivity index (χ0v) is 52.0. The molecule has 18 rings (SSSR count). The van der Waals surface area contributed by atoms with E-state index in [1.807, 2.05) is 0 Å². The molecule has 5 heterocycles. The molecule has 0 N–H and O–H groups in total. The Bertz CT molecular complexity index is 5380. The molecule has 4 nitrogen and oxygen atoms in total. The maximum absolute atomic E-state index is 2.67. The molecule has 5 heteroatoms. The molecule has 3 aliphatic heterocycles. The van der Waals surface area contributed by atoms with E-state index in [1.165, 1.54) is 132 Å². The molecule has 0 bridgehead atoms. The lowest BCUT2D eigenvalue weighted by atomic mass is 9.33. The Labute approximate surface area is 532 Å². The quantitative estimate of drug-likeness (QED) is 0.154. The summed E-state index contributed by atoms with van der Waals surface area (Å²) in [4.78, 5) is 5.31. The average molecular weight is 1170 g/mol. The third-order valence-corrected chi connectivity index (χ3v) is 19.9. The minimum absolute atomic E-state index is 0.0586. The predicted molar refractivity (Wildman–Crippen MR) is 387 cm³/mol. The zero-order chi connectivity index (χ0) is 61.0. The van der Waals surface area contributed by atoms with Crippen LogP contribution in [0.25, 0.3) is 111 Å². The van der Waals surface area contributed by atoms with Gasteiger partial charge >= 0.3 is 0 Å². The summed E-state index contributed by atoms with van der Waals surface area (Å²) in [6.07, 6.45) is 0. The van der Waals surface area contributed by atoms with Crippen molar-refractivity contribution in [2.75, 3.05) is 9.80 Å². The van der Waals surface area contributed by atoms with Gasteiger partial charge in [0.25, 0.3) is 6.71 Å². The molecule has 0 radical (unpaired) electrons. The SMILES string of the molecule is CC(C)(C)c1cc(-c2cccc(N3c4cc(-n5c6ccccc6c6ccccc65)ccc4B4c5cc(-c6ccccc6)cc6c5N(c5ccc(-c7ccccc7)cc5-c5ccccc5-6)c5cc(-n6c7ccccc7c7ccccc76)cc3c54)c2)cc(C(C)(C)C)c1. The van der Waals surface area contributed by atoms with Crippen LogP contribution in [0.5, 0.6) is 0 Å². The van der Waals surface area contributed by atoms with Crippen LogP contribution in [0.15, 0.2) is 285 Å². The highest BCUT2D eigenvalue weighted by atomic mass is 15.2. The fraction of sp³-hybridized carbons (Fsp3) is 0.0930. The van der Waals surface area contributed by atoms with Crippen molar-refractivity contribution in [2.24, 2.45) is 0 Å². The molecule has 0 amide bonds. The molecule has 2 aromatic heterocycles. The van der Waals surface area contributed by atoms with Gasteiger partial charge in [-0.2, -0.15) is 0 Å². The minimum Gasteiger partial charge on any atom is -0.311 e. The fourth-order valence-electron chi connectivity index (χ4n) is 15.5. The second-order valence-electron chi connectivity index (χ2n) is 27.3. The van der Waals surface area contributed by atoms with Gasteiger partial charge in [-0.15, -0.1) is 0 Å². The second-order valence-corrected chi connectivity index (χ2v) is 27.3. The van der Waals surface area contributed by atoms with Crippen LogP contribution >= 0.6 is 0 Å². The van der Waals surface area contributed by atoms with Crippen LogP contribution in [0.1, 0.15) is 52.7 Å².